The predicted molar refractivity (Wildman–Crippen MR) is 95.1 cm³/mol. The van der Waals surface area contributed by atoms with Crippen LogP contribution in [0.15, 0.2) is 24.5 Å². The first kappa shape index (κ1) is 18.3. The van der Waals surface area contributed by atoms with Crippen LogP contribution in [0.1, 0.15) is 31.2 Å². The van der Waals surface area contributed by atoms with Crippen LogP contribution in [-0.4, -0.2) is 72.8 Å². The van der Waals surface area contributed by atoms with Crippen LogP contribution in [0, 0.1) is 0 Å². The number of pyridine rings is 1. The lowest BCUT2D eigenvalue weighted by Gasteiger charge is -2.24. The van der Waals surface area contributed by atoms with E-state index < -0.39 is 0 Å². The minimum atomic E-state index is 0.0987. The van der Waals surface area contributed by atoms with E-state index in [0.29, 0.717) is 6.61 Å². The number of aromatic nitrogens is 1. The molecule has 0 unspecified atom stereocenters. The van der Waals surface area contributed by atoms with Gasteiger partial charge in [0.05, 0.1) is 12.7 Å². The Kier molecular flexibility index (Phi) is 7.21. The molecule has 6 heteroatoms. The molecule has 0 aromatic carbocycles. The molecule has 2 aliphatic heterocycles. The molecular weight excluding hydrogens is 318 g/mol. The van der Waals surface area contributed by atoms with Gasteiger partial charge in [0.25, 0.3) is 0 Å². The highest BCUT2D eigenvalue weighted by Crippen LogP contribution is 2.13. The molecule has 0 spiro atoms. The second-order valence-corrected chi connectivity index (χ2v) is 6.87. The van der Waals surface area contributed by atoms with Gasteiger partial charge in [0.1, 0.15) is 6.61 Å². The van der Waals surface area contributed by atoms with Crippen molar-refractivity contribution in [1.29, 1.82) is 0 Å². The van der Waals surface area contributed by atoms with Crippen molar-refractivity contribution in [3.8, 4) is 0 Å². The molecule has 1 atom stereocenters. The summed E-state index contributed by atoms with van der Waals surface area (Å²) in [6.45, 7) is 5.95. The molecule has 2 fully saturated rings. The monoisotopic (exact) mass is 347 g/mol. The molecule has 1 aromatic heterocycles. The lowest BCUT2D eigenvalue weighted by Crippen LogP contribution is -2.38. The van der Waals surface area contributed by atoms with E-state index in [1.54, 1.807) is 0 Å². The lowest BCUT2D eigenvalue weighted by molar-refractivity contribution is -0.138. The number of carbonyl (C=O) groups excluding carboxylic acids is 1. The van der Waals surface area contributed by atoms with Crippen molar-refractivity contribution in [1.82, 2.24) is 14.8 Å². The molecule has 6 nitrogen and oxygen atoms in total. The second kappa shape index (κ2) is 9.85. The summed E-state index contributed by atoms with van der Waals surface area (Å²) in [6, 6.07) is 4.10. The minimum Gasteiger partial charge on any atom is -0.376 e. The Bertz CT molecular complexity index is 520. The number of nitrogens with zero attached hydrogens (tertiary/aromatic N) is 3. The van der Waals surface area contributed by atoms with Crippen molar-refractivity contribution in [2.24, 2.45) is 0 Å². The molecule has 25 heavy (non-hydrogen) atoms. The molecule has 2 saturated heterocycles. The predicted octanol–water partition coefficient (Wildman–Crippen LogP) is 1.70. The maximum absolute atomic E-state index is 12.4. The fourth-order valence-corrected chi connectivity index (χ4v) is 3.43. The van der Waals surface area contributed by atoms with E-state index in [4.69, 9.17) is 9.47 Å². The van der Waals surface area contributed by atoms with Crippen LogP contribution >= 0.6 is 0 Å². The molecular formula is C19H29N3O3. The van der Waals surface area contributed by atoms with Crippen molar-refractivity contribution in [3.05, 3.63) is 30.1 Å². The Morgan fingerprint density at radius 3 is 2.84 bits per heavy atom. The molecule has 0 saturated carbocycles. The summed E-state index contributed by atoms with van der Waals surface area (Å²) in [4.78, 5) is 20.8. The molecule has 0 N–H and O–H groups in total. The van der Waals surface area contributed by atoms with Gasteiger partial charge in [-0.3, -0.25) is 14.7 Å². The van der Waals surface area contributed by atoms with Gasteiger partial charge in [-0.15, -0.1) is 0 Å². The highest BCUT2D eigenvalue weighted by Gasteiger charge is 2.20. The number of amides is 1. The number of ether oxygens (including phenoxy) is 2. The van der Waals surface area contributed by atoms with Crippen LogP contribution in [0.5, 0.6) is 0 Å². The Morgan fingerprint density at radius 1 is 1.16 bits per heavy atom. The van der Waals surface area contributed by atoms with Crippen LogP contribution in [0.4, 0.5) is 0 Å². The standard InChI is InChI=1S/C19H29N3O3/c23-19(16-24-15-18-4-1-2-13-25-18)22-10-3-9-21(11-12-22)14-17-5-7-20-8-6-17/h5-8,18H,1-4,9-16H2/t18-/m1/s1. The van der Waals surface area contributed by atoms with E-state index in [1.165, 1.54) is 12.0 Å². The summed E-state index contributed by atoms with van der Waals surface area (Å²) in [5, 5.41) is 0. The fourth-order valence-electron chi connectivity index (χ4n) is 3.43. The van der Waals surface area contributed by atoms with E-state index in [1.807, 2.05) is 17.3 Å². The van der Waals surface area contributed by atoms with Crippen molar-refractivity contribution >= 4 is 5.91 Å². The first-order valence-corrected chi connectivity index (χ1v) is 9.39. The van der Waals surface area contributed by atoms with Gasteiger partial charge in [-0.05, 0) is 43.4 Å². The Morgan fingerprint density at radius 2 is 2.04 bits per heavy atom. The van der Waals surface area contributed by atoms with E-state index in [9.17, 15) is 4.79 Å². The third-order valence-corrected chi connectivity index (χ3v) is 4.90. The smallest absolute Gasteiger partial charge is 0.248 e. The lowest BCUT2D eigenvalue weighted by atomic mass is 10.1. The van der Waals surface area contributed by atoms with E-state index in [0.717, 1.165) is 58.6 Å². The number of hydrogen-bond acceptors (Lipinski definition) is 5. The molecule has 138 valence electrons. The van der Waals surface area contributed by atoms with Crippen LogP contribution in [0.25, 0.3) is 0 Å². The number of carbonyl (C=O) groups is 1. The van der Waals surface area contributed by atoms with Crippen LogP contribution in [-0.2, 0) is 20.8 Å². The number of rotatable bonds is 6. The molecule has 0 aliphatic carbocycles. The molecule has 0 radical (unpaired) electrons. The molecule has 0 bridgehead atoms. The quantitative estimate of drug-likeness (QED) is 0.784. The van der Waals surface area contributed by atoms with Crippen molar-refractivity contribution in [2.75, 3.05) is 46.0 Å². The van der Waals surface area contributed by atoms with Crippen molar-refractivity contribution in [3.63, 3.8) is 0 Å². The Hall–Kier alpha value is -1.50. The summed E-state index contributed by atoms with van der Waals surface area (Å²) in [7, 11) is 0. The van der Waals surface area contributed by atoms with E-state index in [2.05, 4.69) is 22.0 Å². The van der Waals surface area contributed by atoms with Gasteiger partial charge in [-0.2, -0.15) is 0 Å². The van der Waals surface area contributed by atoms with Gasteiger partial charge in [0.2, 0.25) is 5.91 Å². The Balaban J connectivity index is 1.37. The van der Waals surface area contributed by atoms with Gasteiger partial charge in [-0.1, -0.05) is 0 Å². The minimum absolute atomic E-state index is 0.0987. The van der Waals surface area contributed by atoms with E-state index >= 15 is 0 Å². The average molecular weight is 347 g/mol. The van der Waals surface area contributed by atoms with Crippen LogP contribution < -0.4 is 0 Å². The van der Waals surface area contributed by atoms with Gasteiger partial charge < -0.3 is 14.4 Å². The van der Waals surface area contributed by atoms with Gasteiger partial charge >= 0.3 is 0 Å². The largest absolute Gasteiger partial charge is 0.376 e. The zero-order chi connectivity index (χ0) is 17.3. The fraction of sp³-hybridized carbons (Fsp3) is 0.684. The molecule has 3 rings (SSSR count). The molecule has 2 aliphatic rings. The summed E-state index contributed by atoms with van der Waals surface area (Å²) in [6.07, 6.45) is 8.21. The second-order valence-electron chi connectivity index (χ2n) is 6.87. The molecule has 3 heterocycles. The zero-order valence-electron chi connectivity index (χ0n) is 14.9. The third kappa shape index (κ3) is 6.06. The van der Waals surface area contributed by atoms with Gasteiger partial charge in [-0.25, -0.2) is 0 Å². The SMILES string of the molecule is O=C(COC[C@H]1CCCCO1)N1CCCN(Cc2ccncc2)CC1. The third-order valence-electron chi connectivity index (χ3n) is 4.90. The van der Waals surface area contributed by atoms with E-state index in [-0.39, 0.29) is 18.6 Å². The average Bonchev–Trinajstić information content (AvgIpc) is 2.89. The highest BCUT2D eigenvalue weighted by molar-refractivity contribution is 5.77. The van der Waals surface area contributed by atoms with Gasteiger partial charge in [0, 0.05) is 51.7 Å². The first-order valence-electron chi connectivity index (χ1n) is 9.39. The van der Waals surface area contributed by atoms with Crippen molar-refractivity contribution < 1.29 is 14.3 Å². The summed E-state index contributed by atoms with van der Waals surface area (Å²) >= 11 is 0. The summed E-state index contributed by atoms with van der Waals surface area (Å²) in [5.41, 5.74) is 1.27. The Labute approximate surface area is 150 Å². The van der Waals surface area contributed by atoms with Crippen LogP contribution in [0.3, 0.4) is 0 Å². The highest BCUT2D eigenvalue weighted by atomic mass is 16.5. The van der Waals surface area contributed by atoms with Gasteiger partial charge in [0.15, 0.2) is 0 Å². The topological polar surface area (TPSA) is 54.9 Å². The summed E-state index contributed by atoms with van der Waals surface area (Å²) < 4.78 is 11.2. The normalized spacial score (nSPS) is 22.6. The molecule has 1 amide bonds. The number of hydrogen-bond donors (Lipinski definition) is 0. The maximum atomic E-state index is 12.4. The molecule has 1 aromatic rings. The van der Waals surface area contributed by atoms with Crippen LogP contribution in [0.2, 0.25) is 0 Å². The van der Waals surface area contributed by atoms with Crippen molar-refractivity contribution in [2.45, 2.75) is 38.3 Å². The zero-order valence-corrected chi connectivity index (χ0v) is 14.9. The summed E-state index contributed by atoms with van der Waals surface area (Å²) in [5.74, 6) is 0.0987. The maximum Gasteiger partial charge on any atom is 0.248 e. The first-order chi connectivity index (χ1) is 12.3.